The molecule has 22 heavy (non-hydrogen) atoms. The van der Waals surface area contributed by atoms with Crippen LogP contribution in [0.1, 0.15) is 33.4 Å². The Kier molecular flexibility index (Phi) is 5.10. The quantitative estimate of drug-likeness (QED) is 0.563. The fourth-order valence-corrected chi connectivity index (χ4v) is 4.20. The number of nitrogens with zero attached hydrogens (tertiary/aromatic N) is 4. The van der Waals surface area contributed by atoms with Crippen LogP contribution in [0.25, 0.3) is 5.65 Å². The van der Waals surface area contributed by atoms with Crippen LogP contribution in [0.2, 0.25) is 0 Å². The first-order valence-corrected chi connectivity index (χ1v) is 9.42. The van der Waals surface area contributed by atoms with E-state index in [0.717, 1.165) is 9.26 Å². The highest BCUT2D eigenvalue weighted by atomic mass is 127. The number of aromatic nitrogens is 4. The fraction of sp³-hybridized carbons (Fsp3) is 0.583. The predicted octanol–water partition coefficient (Wildman–Crippen LogP) is 2.29. The van der Waals surface area contributed by atoms with Gasteiger partial charge in [-0.3, -0.25) is 4.57 Å². The number of hydrogen-bond acceptors (Lipinski definition) is 7. The van der Waals surface area contributed by atoms with E-state index in [1.54, 1.807) is 27.7 Å². The van der Waals surface area contributed by atoms with Crippen molar-refractivity contribution in [1.82, 2.24) is 19.8 Å². The highest BCUT2D eigenvalue weighted by Gasteiger charge is 2.36. The summed E-state index contributed by atoms with van der Waals surface area (Å²) in [5, 5.41) is 12.4. The zero-order valence-electron chi connectivity index (χ0n) is 13.1. The van der Waals surface area contributed by atoms with E-state index in [4.69, 9.17) is 14.8 Å². The Morgan fingerprint density at radius 2 is 1.73 bits per heavy atom. The molecule has 0 unspecified atom stereocenters. The van der Waals surface area contributed by atoms with Crippen molar-refractivity contribution in [2.45, 2.75) is 46.8 Å². The average Bonchev–Trinajstić information content (AvgIpc) is 2.65. The van der Waals surface area contributed by atoms with Crippen LogP contribution < -0.4 is 11.2 Å². The minimum atomic E-state index is -3.69. The summed E-state index contributed by atoms with van der Waals surface area (Å²) < 4.78 is 26.4. The van der Waals surface area contributed by atoms with Gasteiger partial charge in [0.1, 0.15) is 0 Å². The summed E-state index contributed by atoms with van der Waals surface area (Å²) in [6.45, 7) is 8.89. The lowest BCUT2D eigenvalue weighted by Gasteiger charge is -2.22. The largest absolute Gasteiger partial charge is 0.385 e. The minimum absolute atomic E-state index is 0.0127. The summed E-state index contributed by atoms with van der Waals surface area (Å²) in [7, 11) is -3.69. The summed E-state index contributed by atoms with van der Waals surface area (Å²) in [5.41, 5.74) is 7.37. The molecule has 0 saturated heterocycles. The summed E-state index contributed by atoms with van der Waals surface area (Å²) in [6, 6.07) is 0. The average molecular weight is 439 g/mol. The maximum Gasteiger partial charge on any atom is 0.385 e. The normalized spacial score (nSPS) is 12.7. The van der Waals surface area contributed by atoms with Crippen molar-refractivity contribution in [3.8, 4) is 0 Å². The smallest absolute Gasteiger partial charge is 0.381 e. The molecule has 0 saturated carbocycles. The van der Waals surface area contributed by atoms with E-state index in [1.807, 2.05) is 6.92 Å². The Hall–Kier alpha value is -0.770. The van der Waals surface area contributed by atoms with Gasteiger partial charge in [0, 0.05) is 0 Å². The molecule has 122 valence electrons. The van der Waals surface area contributed by atoms with Gasteiger partial charge in [-0.1, -0.05) is 0 Å². The van der Waals surface area contributed by atoms with E-state index in [0.29, 0.717) is 5.65 Å². The molecule has 0 radical (unpaired) electrons. The van der Waals surface area contributed by atoms with Crippen LogP contribution in [-0.2, 0) is 13.6 Å². The SMILES string of the molecule is Cc1nn2c(N)c(P(=O)(OC(C)C)OC(C)C)nnc2c1I. The van der Waals surface area contributed by atoms with E-state index >= 15 is 0 Å². The number of anilines is 1. The number of nitrogen functional groups attached to an aromatic ring is 1. The van der Waals surface area contributed by atoms with E-state index in [-0.39, 0.29) is 23.5 Å². The van der Waals surface area contributed by atoms with E-state index in [1.165, 1.54) is 4.52 Å². The van der Waals surface area contributed by atoms with Crippen molar-refractivity contribution < 1.29 is 13.6 Å². The molecule has 0 fully saturated rings. The van der Waals surface area contributed by atoms with Gasteiger partial charge >= 0.3 is 7.60 Å². The number of fused-ring (bicyclic) bond motifs is 1. The second-order valence-corrected chi connectivity index (χ2v) is 8.27. The predicted molar refractivity (Wildman–Crippen MR) is 92.3 cm³/mol. The molecule has 0 aliphatic rings. The van der Waals surface area contributed by atoms with Gasteiger partial charge < -0.3 is 14.8 Å². The molecule has 2 N–H and O–H groups in total. The molecule has 0 spiro atoms. The fourth-order valence-electron chi connectivity index (χ4n) is 1.87. The first-order chi connectivity index (χ1) is 10.2. The van der Waals surface area contributed by atoms with Crippen molar-refractivity contribution >= 4 is 47.1 Å². The van der Waals surface area contributed by atoms with Gasteiger partial charge in [-0.15, -0.1) is 10.2 Å². The highest BCUT2D eigenvalue weighted by molar-refractivity contribution is 14.1. The maximum atomic E-state index is 13.1. The van der Waals surface area contributed by atoms with Gasteiger partial charge in [0.25, 0.3) is 0 Å². The standard InChI is InChI=1S/C12H19IN5O3P/c1-6(2)20-22(19,21-7(3)4)12-10(14)18-11(15-16-12)9(13)8(5)17-18/h6-7H,14H2,1-5H3. The van der Waals surface area contributed by atoms with Gasteiger partial charge in [0.05, 0.1) is 21.5 Å². The highest BCUT2D eigenvalue weighted by Crippen LogP contribution is 2.49. The molecule has 0 aromatic carbocycles. The van der Waals surface area contributed by atoms with Crippen LogP contribution in [0.5, 0.6) is 0 Å². The Bertz CT molecular complexity index is 732. The molecule has 2 aromatic rings. The molecule has 8 nitrogen and oxygen atoms in total. The minimum Gasteiger partial charge on any atom is -0.381 e. The molecule has 0 atom stereocenters. The third kappa shape index (κ3) is 3.27. The lowest BCUT2D eigenvalue weighted by molar-refractivity contribution is 0.149. The van der Waals surface area contributed by atoms with Crippen molar-refractivity contribution in [3.63, 3.8) is 0 Å². The van der Waals surface area contributed by atoms with Crippen molar-refractivity contribution in [2.24, 2.45) is 0 Å². The molecule has 2 heterocycles. The molecule has 2 aromatic heterocycles. The Labute approximate surface area is 142 Å². The van der Waals surface area contributed by atoms with Crippen molar-refractivity contribution in [3.05, 3.63) is 9.26 Å². The van der Waals surface area contributed by atoms with E-state index in [9.17, 15) is 4.57 Å². The topological polar surface area (TPSA) is 105 Å². The van der Waals surface area contributed by atoms with Gasteiger partial charge in [-0.05, 0) is 57.2 Å². The van der Waals surface area contributed by atoms with E-state index < -0.39 is 7.60 Å². The number of hydrogen-bond donors (Lipinski definition) is 1. The van der Waals surface area contributed by atoms with Gasteiger partial charge in [-0.2, -0.15) is 9.61 Å². The number of rotatable bonds is 5. The van der Waals surface area contributed by atoms with Crippen molar-refractivity contribution in [1.29, 1.82) is 0 Å². The lowest BCUT2D eigenvalue weighted by atomic mass is 10.5. The number of aryl methyl sites for hydroxylation is 1. The Balaban J connectivity index is 2.64. The van der Waals surface area contributed by atoms with Crippen LogP contribution in [0.3, 0.4) is 0 Å². The van der Waals surface area contributed by atoms with Gasteiger partial charge in [0.15, 0.2) is 11.5 Å². The van der Waals surface area contributed by atoms with Crippen LogP contribution in [-0.4, -0.2) is 32.0 Å². The van der Waals surface area contributed by atoms with Gasteiger partial charge in [-0.25, -0.2) is 0 Å². The van der Waals surface area contributed by atoms with Crippen LogP contribution in [0.15, 0.2) is 0 Å². The summed E-state index contributed by atoms with van der Waals surface area (Å²) in [4.78, 5) is 0. The molecule has 0 aliphatic carbocycles. The summed E-state index contributed by atoms with van der Waals surface area (Å²) in [6.07, 6.45) is -0.637. The second-order valence-electron chi connectivity index (χ2n) is 5.35. The third-order valence-corrected chi connectivity index (χ3v) is 6.12. The number of halogens is 1. The molecule has 10 heteroatoms. The lowest BCUT2D eigenvalue weighted by Crippen LogP contribution is -2.25. The van der Waals surface area contributed by atoms with Crippen molar-refractivity contribution in [2.75, 3.05) is 5.73 Å². The zero-order valence-corrected chi connectivity index (χ0v) is 16.1. The van der Waals surface area contributed by atoms with Crippen LogP contribution in [0, 0.1) is 10.5 Å². The molecule has 0 amide bonds. The summed E-state index contributed by atoms with van der Waals surface area (Å²) >= 11 is 2.11. The monoisotopic (exact) mass is 439 g/mol. The molecular weight excluding hydrogens is 420 g/mol. The second kappa shape index (κ2) is 6.38. The van der Waals surface area contributed by atoms with Crippen LogP contribution >= 0.6 is 30.2 Å². The molecular formula is C12H19IN5O3P. The number of nitrogens with two attached hydrogens (primary N) is 1. The molecule has 0 bridgehead atoms. The van der Waals surface area contributed by atoms with Gasteiger partial charge in [0.2, 0.25) is 5.44 Å². The first kappa shape index (κ1) is 17.6. The third-order valence-electron chi connectivity index (χ3n) is 2.62. The molecule has 2 rings (SSSR count). The Morgan fingerprint density at radius 1 is 1.18 bits per heavy atom. The molecule has 0 aliphatic heterocycles. The van der Waals surface area contributed by atoms with Crippen LogP contribution in [0.4, 0.5) is 5.82 Å². The zero-order chi connectivity index (χ0) is 16.7. The summed E-state index contributed by atoms with van der Waals surface area (Å²) in [5.74, 6) is 0.112. The maximum absolute atomic E-state index is 13.1. The Morgan fingerprint density at radius 3 is 2.23 bits per heavy atom. The first-order valence-electron chi connectivity index (χ1n) is 6.80. The van der Waals surface area contributed by atoms with E-state index in [2.05, 4.69) is 37.9 Å².